The number of hydrogen-bond acceptors (Lipinski definition) is 3. The molecule has 0 amide bonds. The molecule has 0 saturated carbocycles. The van der Waals surface area contributed by atoms with Crippen LogP contribution in [0.3, 0.4) is 0 Å². The van der Waals surface area contributed by atoms with Crippen molar-refractivity contribution in [2.45, 2.75) is 32.5 Å². The van der Waals surface area contributed by atoms with E-state index >= 15 is 0 Å². The van der Waals surface area contributed by atoms with E-state index in [2.05, 4.69) is 4.98 Å². The van der Waals surface area contributed by atoms with E-state index in [1.807, 2.05) is 32.9 Å². The molecular weight excluding hydrogens is 177 g/mol. The summed E-state index contributed by atoms with van der Waals surface area (Å²) in [6.07, 6.45) is 3.62. The Kier molecular flexibility index (Phi) is 2.33. The van der Waals surface area contributed by atoms with Crippen molar-refractivity contribution in [1.82, 2.24) is 4.98 Å². The van der Waals surface area contributed by atoms with Crippen LogP contribution in [-0.4, -0.2) is 23.8 Å². The van der Waals surface area contributed by atoms with Crippen LogP contribution in [0.5, 0.6) is 0 Å². The van der Waals surface area contributed by atoms with Gasteiger partial charge in [-0.1, -0.05) is 6.07 Å². The van der Waals surface area contributed by atoms with Crippen molar-refractivity contribution in [2.75, 3.05) is 0 Å². The van der Waals surface area contributed by atoms with E-state index in [0.29, 0.717) is 0 Å². The molecule has 74 valence electrons. The molecule has 2 rings (SSSR count). The second-order valence-corrected chi connectivity index (χ2v) is 4.12. The smallest absolute Gasteiger partial charge is 0.402 e. The van der Waals surface area contributed by atoms with E-state index in [4.69, 9.17) is 9.31 Å². The van der Waals surface area contributed by atoms with Gasteiger partial charge in [-0.05, 0) is 26.8 Å². The third kappa shape index (κ3) is 1.67. The van der Waals surface area contributed by atoms with Gasteiger partial charge in [0.25, 0.3) is 0 Å². The summed E-state index contributed by atoms with van der Waals surface area (Å²) in [5.74, 6) is 0. The van der Waals surface area contributed by atoms with Crippen molar-refractivity contribution in [3.8, 4) is 0 Å². The van der Waals surface area contributed by atoms with E-state index in [-0.39, 0.29) is 18.8 Å². The monoisotopic (exact) mass is 191 g/mol. The zero-order chi connectivity index (χ0) is 10.2. The SMILES string of the molecule is CC1OB(c2cccnc2)OC1(C)C. The second kappa shape index (κ2) is 3.37. The van der Waals surface area contributed by atoms with Gasteiger partial charge in [-0.15, -0.1) is 0 Å². The zero-order valence-corrected chi connectivity index (χ0v) is 8.73. The van der Waals surface area contributed by atoms with Crippen LogP contribution in [0.1, 0.15) is 20.8 Å². The molecule has 1 saturated heterocycles. The van der Waals surface area contributed by atoms with E-state index < -0.39 is 0 Å². The Bertz CT molecular complexity index is 315. The van der Waals surface area contributed by atoms with E-state index in [1.165, 1.54) is 0 Å². The Morgan fingerprint density at radius 3 is 2.79 bits per heavy atom. The Hall–Kier alpha value is -0.865. The van der Waals surface area contributed by atoms with Crippen LogP contribution >= 0.6 is 0 Å². The molecule has 1 aliphatic rings. The van der Waals surface area contributed by atoms with Gasteiger partial charge in [0.15, 0.2) is 0 Å². The van der Waals surface area contributed by atoms with Crippen molar-refractivity contribution < 1.29 is 9.31 Å². The van der Waals surface area contributed by atoms with Crippen molar-refractivity contribution in [3.63, 3.8) is 0 Å². The minimum Gasteiger partial charge on any atom is -0.402 e. The van der Waals surface area contributed by atoms with Gasteiger partial charge >= 0.3 is 7.12 Å². The standard InChI is InChI=1S/C10H14BNO2/c1-8-10(2,3)14-11(13-8)9-5-4-6-12-7-9/h4-8H,1-3H3. The molecule has 0 N–H and O–H groups in total. The van der Waals surface area contributed by atoms with Gasteiger partial charge in [0.05, 0.1) is 11.7 Å². The minimum absolute atomic E-state index is 0.104. The van der Waals surface area contributed by atoms with Crippen LogP contribution in [-0.2, 0) is 9.31 Å². The lowest BCUT2D eigenvalue weighted by atomic mass is 9.80. The number of nitrogens with zero attached hydrogens (tertiary/aromatic N) is 1. The fourth-order valence-electron chi connectivity index (χ4n) is 1.41. The number of pyridine rings is 1. The molecule has 1 fully saturated rings. The van der Waals surface area contributed by atoms with Crippen LogP contribution < -0.4 is 5.46 Å². The molecule has 0 bridgehead atoms. The van der Waals surface area contributed by atoms with Gasteiger partial charge in [-0.25, -0.2) is 0 Å². The fourth-order valence-corrected chi connectivity index (χ4v) is 1.41. The summed E-state index contributed by atoms with van der Waals surface area (Å²) in [6.45, 7) is 6.10. The predicted octanol–water partition coefficient (Wildman–Crippen LogP) is 0.991. The highest BCUT2D eigenvalue weighted by atomic mass is 16.7. The van der Waals surface area contributed by atoms with Gasteiger partial charge in [0, 0.05) is 17.9 Å². The number of rotatable bonds is 1. The first-order valence-corrected chi connectivity index (χ1v) is 4.83. The van der Waals surface area contributed by atoms with Gasteiger partial charge in [-0.2, -0.15) is 0 Å². The third-order valence-corrected chi connectivity index (χ3v) is 2.67. The van der Waals surface area contributed by atoms with Crippen LogP contribution in [0.25, 0.3) is 0 Å². The summed E-state index contributed by atoms with van der Waals surface area (Å²) >= 11 is 0. The second-order valence-electron chi connectivity index (χ2n) is 4.12. The summed E-state index contributed by atoms with van der Waals surface area (Å²) in [7, 11) is -0.270. The van der Waals surface area contributed by atoms with Gasteiger partial charge in [0.1, 0.15) is 0 Å². The van der Waals surface area contributed by atoms with Gasteiger partial charge in [0.2, 0.25) is 0 Å². The quantitative estimate of drug-likeness (QED) is 0.620. The molecule has 0 radical (unpaired) electrons. The maximum atomic E-state index is 5.78. The molecule has 4 heteroatoms. The van der Waals surface area contributed by atoms with E-state index in [1.54, 1.807) is 12.4 Å². The molecule has 1 aromatic heterocycles. The van der Waals surface area contributed by atoms with Gasteiger partial charge < -0.3 is 9.31 Å². The van der Waals surface area contributed by atoms with Crippen LogP contribution in [0.2, 0.25) is 0 Å². The van der Waals surface area contributed by atoms with Crippen LogP contribution in [0, 0.1) is 0 Å². The van der Waals surface area contributed by atoms with Crippen molar-refractivity contribution in [2.24, 2.45) is 0 Å². The average Bonchev–Trinajstić information content (AvgIpc) is 2.43. The van der Waals surface area contributed by atoms with Gasteiger partial charge in [-0.3, -0.25) is 4.98 Å². The molecule has 3 nitrogen and oxygen atoms in total. The highest BCUT2D eigenvalue weighted by molar-refractivity contribution is 6.61. The lowest BCUT2D eigenvalue weighted by molar-refractivity contribution is 0.0842. The first kappa shape index (κ1) is 9.68. The summed E-state index contributed by atoms with van der Waals surface area (Å²) in [6, 6.07) is 3.85. The third-order valence-electron chi connectivity index (χ3n) is 2.67. The van der Waals surface area contributed by atoms with Crippen molar-refractivity contribution in [1.29, 1.82) is 0 Å². The van der Waals surface area contributed by atoms with E-state index in [9.17, 15) is 0 Å². The summed E-state index contributed by atoms with van der Waals surface area (Å²) in [5, 5.41) is 0. The maximum Gasteiger partial charge on any atom is 0.496 e. The average molecular weight is 191 g/mol. The van der Waals surface area contributed by atoms with E-state index in [0.717, 1.165) is 5.46 Å². The summed E-state index contributed by atoms with van der Waals surface area (Å²) < 4.78 is 11.5. The zero-order valence-electron chi connectivity index (χ0n) is 8.73. The summed E-state index contributed by atoms with van der Waals surface area (Å²) in [5.41, 5.74) is 0.755. The Morgan fingerprint density at radius 1 is 1.50 bits per heavy atom. The highest BCUT2D eigenvalue weighted by Crippen LogP contribution is 2.26. The normalized spacial score (nSPS) is 25.4. The summed E-state index contributed by atoms with van der Waals surface area (Å²) in [4.78, 5) is 4.04. The molecule has 0 aliphatic carbocycles. The molecule has 1 aliphatic heterocycles. The van der Waals surface area contributed by atoms with Crippen molar-refractivity contribution >= 4 is 12.6 Å². The van der Waals surface area contributed by atoms with Crippen molar-refractivity contribution in [3.05, 3.63) is 24.5 Å². The van der Waals surface area contributed by atoms with Crippen LogP contribution in [0.4, 0.5) is 0 Å². The molecule has 1 unspecified atom stereocenters. The molecule has 2 heterocycles. The minimum atomic E-state index is -0.270. The maximum absolute atomic E-state index is 5.78. The molecule has 1 aromatic rings. The molecule has 1 atom stereocenters. The van der Waals surface area contributed by atoms with Crippen LogP contribution in [0.15, 0.2) is 24.5 Å². The Morgan fingerprint density at radius 2 is 2.29 bits per heavy atom. The fraction of sp³-hybridized carbons (Fsp3) is 0.500. The molecule has 0 spiro atoms. The number of hydrogen-bond donors (Lipinski definition) is 0. The first-order chi connectivity index (χ1) is 6.59. The Balaban J connectivity index is 2.17. The largest absolute Gasteiger partial charge is 0.496 e. The number of aromatic nitrogens is 1. The molecule has 14 heavy (non-hydrogen) atoms. The Labute approximate surface area is 84.6 Å². The topological polar surface area (TPSA) is 31.4 Å². The molecule has 0 aromatic carbocycles. The highest BCUT2D eigenvalue weighted by Gasteiger charge is 2.43. The predicted molar refractivity (Wildman–Crippen MR) is 55.3 cm³/mol. The lowest BCUT2D eigenvalue weighted by Gasteiger charge is -2.21. The lowest BCUT2D eigenvalue weighted by Crippen LogP contribution is -2.34. The molecular formula is C10H14BNO2. The first-order valence-electron chi connectivity index (χ1n) is 4.83.